The third-order valence-electron chi connectivity index (χ3n) is 2.47. The lowest BCUT2D eigenvalue weighted by Crippen LogP contribution is -2.43. The largest absolute Gasteiger partial charge is 0.507 e. The molecule has 0 spiro atoms. The molecule has 0 fully saturated rings. The van der Waals surface area contributed by atoms with Crippen molar-refractivity contribution in [1.29, 1.82) is 0 Å². The zero-order valence-electron chi connectivity index (χ0n) is 10.5. The van der Waals surface area contributed by atoms with Gasteiger partial charge in [-0.25, -0.2) is 10.2 Å². The Labute approximate surface area is 115 Å². The lowest BCUT2D eigenvalue weighted by atomic mass is 10.2. The molecule has 0 atom stereocenters. The van der Waals surface area contributed by atoms with Crippen molar-refractivity contribution >= 4 is 17.6 Å². The maximum absolute atomic E-state index is 11.7. The first kappa shape index (κ1) is 13.4. The third kappa shape index (κ3) is 3.49. The number of hydrogen-bond acceptors (Lipinski definition) is 3. The first-order valence-corrected chi connectivity index (χ1v) is 5.87. The van der Waals surface area contributed by atoms with Crippen LogP contribution in [0.5, 0.6) is 5.75 Å². The molecule has 0 aromatic heterocycles. The Bertz CT molecular complexity index is 614. The predicted octanol–water partition coefficient (Wildman–Crippen LogP) is 1.86. The molecule has 0 unspecified atom stereocenters. The average molecular weight is 271 g/mol. The summed E-state index contributed by atoms with van der Waals surface area (Å²) in [5.41, 5.74) is 5.07. The minimum atomic E-state index is -0.605. The molecule has 0 saturated heterocycles. The maximum Gasteiger partial charge on any atom is 0.337 e. The Hall–Kier alpha value is -3.02. The number of hydrazine groups is 1. The maximum atomic E-state index is 11.7. The van der Waals surface area contributed by atoms with E-state index in [9.17, 15) is 14.7 Å². The lowest BCUT2D eigenvalue weighted by Gasteiger charge is -2.09. The highest BCUT2D eigenvalue weighted by Gasteiger charge is 2.10. The van der Waals surface area contributed by atoms with Crippen molar-refractivity contribution in [2.45, 2.75) is 0 Å². The van der Waals surface area contributed by atoms with Crippen LogP contribution in [0.25, 0.3) is 0 Å². The van der Waals surface area contributed by atoms with Crippen molar-refractivity contribution < 1.29 is 14.7 Å². The Morgan fingerprint density at radius 1 is 0.850 bits per heavy atom. The van der Waals surface area contributed by atoms with E-state index in [1.54, 1.807) is 36.4 Å². The van der Waals surface area contributed by atoms with E-state index >= 15 is 0 Å². The molecule has 0 saturated carbocycles. The smallest absolute Gasteiger partial charge is 0.337 e. The van der Waals surface area contributed by atoms with Gasteiger partial charge in [0.05, 0.1) is 5.56 Å². The quantitative estimate of drug-likeness (QED) is 0.628. The lowest BCUT2D eigenvalue weighted by molar-refractivity contribution is 0.0935. The summed E-state index contributed by atoms with van der Waals surface area (Å²) in [6.07, 6.45) is 0. The molecule has 0 aliphatic rings. The SMILES string of the molecule is O=C(NNC(=O)c1ccccc1O)Nc1ccccc1. The second kappa shape index (κ2) is 6.24. The van der Waals surface area contributed by atoms with Gasteiger partial charge in [0.2, 0.25) is 0 Å². The highest BCUT2D eigenvalue weighted by Crippen LogP contribution is 2.14. The summed E-state index contributed by atoms with van der Waals surface area (Å²) >= 11 is 0. The molecule has 0 bridgehead atoms. The molecular weight excluding hydrogens is 258 g/mol. The first-order chi connectivity index (χ1) is 9.66. The van der Waals surface area contributed by atoms with Crippen LogP contribution in [0.4, 0.5) is 10.5 Å². The fourth-order valence-electron chi connectivity index (χ4n) is 1.53. The number of benzene rings is 2. The van der Waals surface area contributed by atoms with E-state index in [4.69, 9.17) is 0 Å². The Morgan fingerprint density at radius 2 is 1.50 bits per heavy atom. The number of para-hydroxylation sites is 2. The van der Waals surface area contributed by atoms with Crippen LogP contribution < -0.4 is 16.2 Å². The van der Waals surface area contributed by atoms with Gasteiger partial charge >= 0.3 is 6.03 Å². The van der Waals surface area contributed by atoms with E-state index < -0.39 is 11.9 Å². The second-order valence-corrected chi connectivity index (χ2v) is 3.92. The minimum absolute atomic E-state index is 0.0764. The number of urea groups is 1. The van der Waals surface area contributed by atoms with Gasteiger partial charge in [-0.1, -0.05) is 30.3 Å². The average Bonchev–Trinajstić information content (AvgIpc) is 2.46. The van der Waals surface area contributed by atoms with Gasteiger partial charge in [0.25, 0.3) is 5.91 Å². The van der Waals surface area contributed by atoms with E-state index in [-0.39, 0.29) is 11.3 Å². The highest BCUT2D eigenvalue weighted by atomic mass is 16.3. The number of phenols is 1. The monoisotopic (exact) mass is 271 g/mol. The van der Waals surface area contributed by atoms with Crippen molar-refractivity contribution in [3.63, 3.8) is 0 Å². The Kier molecular flexibility index (Phi) is 4.18. The van der Waals surface area contributed by atoms with E-state index in [0.717, 1.165) is 0 Å². The van der Waals surface area contributed by atoms with Gasteiger partial charge < -0.3 is 10.4 Å². The molecular formula is C14H13N3O3. The predicted molar refractivity (Wildman–Crippen MR) is 74.2 cm³/mol. The molecule has 102 valence electrons. The van der Waals surface area contributed by atoms with Gasteiger partial charge in [-0.3, -0.25) is 10.2 Å². The minimum Gasteiger partial charge on any atom is -0.507 e. The van der Waals surface area contributed by atoms with Gasteiger partial charge in [0, 0.05) is 5.69 Å². The van der Waals surface area contributed by atoms with Crippen molar-refractivity contribution in [3.05, 3.63) is 60.2 Å². The summed E-state index contributed by atoms with van der Waals surface area (Å²) in [7, 11) is 0. The summed E-state index contributed by atoms with van der Waals surface area (Å²) in [6, 6.07) is 14.3. The van der Waals surface area contributed by atoms with Crippen LogP contribution >= 0.6 is 0 Å². The summed E-state index contributed by atoms with van der Waals surface area (Å²) in [4.78, 5) is 23.2. The molecule has 3 amide bonds. The second-order valence-electron chi connectivity index (χ2n) is 3.92. The van der Waals surface area contributed by atoms with E-state index in [0.29, 0.717) is 5.69 Å². The molecule has 4 N–H and O–H groups in total. The number of carbonyl (C=O) groups excluding carboxylic acids is 2. The first-order valence-electron chi connectivity index (χ1n) is 5.87. The zero-order valence-corrected chi connectivity index (χ0v) is 10.5. The van der Waals surface area contributed by atoms with Crippen molar-refractivity contribution in [2.24, 2.45) is 0 Å². The van der Waals surface area contributed by atoms with Gasteiger partial charge in [-0.2, -0.15) is 0 Å². The molecule has 20 heavy (non-hydrogen) atoms. The molecule has 0 heterocycles. The molecule has 0 radical (unpaired) electrons. The summed E-state index contributed by atoms with van der Waals surface area (Å²) < 4.78 is 0. The van der Waals surface area contributed by atoms with Gasteiger partial charge in [-0.05, 0) is 24.3 Å². The number of hydrogen-bond donors (Lipinski definition) is 4. The van der Waals surface area contributed by atoms with Crippen molar-refractivity contribution in [3.8, 4) is 5.75 Å². The van der Waals surface area contributed by atoms with Crippen LogP contribution in [0.1, 0.15) is 10.4 Å². The molecule has 2 aromatic carbocycles. The molecule has 0 aliphatic carbocycles. The van der Waals surface area contributed by atoms with Crippen LogP contribution in [0.2, 0.25) is 0 Å². The van der Waals surface area contributed by atoms with Crippen LogP contribution in [0.3, 0.4) is 0 Å². The van der Waals surface area contributed by atoms with E-state index in [1.807, 2.05) is 6.07 Å². The van der Waals surface area contributed by atoms with E-state index in [2.05, 4.69) is 16.2 Å². The summed E-state index contributed by atoms with van der Waals surface area (Å²) in [5.74, 6) is -0.762. The van der Waals surface area contributed by atoms with Crippen LogP contribution in [0.15, 0.2) is 54.6 Å². The molecule has 2 aromatic rings. The molecule has 0 aliphatic heterocycles. The van der Waals surface area contributed by atoms with Crippen molar-refractivity contribution in [1.82, 2.24) is 10.9 Å². The van der Waals surface area contributed by atoms with Gasteiger partial charge in [0.15, 0.2) is 0 Å². The number of aromatic hydroxyl groups is 1. The highest BCUT2D eigenvalue weighted by molar-refractivity contribution is 5.98. The third-order valence-corrected chi connectivity index (χ3v) is 2.47. The number of anilines is 1. The molecule has 2 rings (SSSR count). The number of carbonyl (C=O) groups is 2. The number of phenolic OH excluding ortho intramolecular Hbond substituents is 1. The molecule has 6 nitrogen and oxygen atoms in total. The van der Waals surface area contributed by atoms with Crippen LogP contribution in [-0.2, 0) is 0 Å². The fourth-order valence-corrected chi connectivity index (χ4v) is 1.53. The van der Waals surface area contributed by atoms with Gasteiger partial charge in [-0.15, -0.1) is 0 Å². The summed E-state index contributed by atoms with van der Waals surface area (Å²) in [6.45, 7) is 0. The topological polar surface area (TPSA) is 90.5 Å². The van der Waals surface area contributed by atoms with Crippen LogP contribution in [-0.4, -0.2) is 17.0 Å². The van der Waals surface area contributed by atoms with Crippen LogP contribution in [0, 0.1) is 0 Å². The standard InChI is InChI=1S/C14H13N3O3/c18-12-9-5-4-8-11(12)13(19)16-17-14(20)15-10-6-2-1-3-7-10/h1-9,18H,(H,16,19)(H2,15,17,20). The fraction of sp³-hybridized carbons (Fsp3) is 0. The number of amides is 3. The number of nitrogens with one attached hydrogen (secondary N) is 3. The van der Waals surface area contributed by atoms with Gasteiger partial charge in [0.1, 0.15) is 5.75 Å². The van der Waals surface area contributed by atoms with E-state index in [1.165, 1.54) is 12.1 Å². The molecule has 6 heteroatoms. The Morgan fingerprint density at radius 3 is 2.20 bits per heavy atom. The number of rotatable bonds is 2. The normalized spacial score (nSPS) is 9.60. The van der Waals surface area contributed by atoms with Crippen molar-refractivity contribution in [2.75, 3.05) is 5.32 Å². The summed E-state index contributed by atoms with van der Waals surface area (Å²) in [5, 5.41) is 12.0. The Balaban J connectivity index is 1.88. The zero-order chi connectivity index (χ0) is 14.4.